The molecule has 58 valence electrons. The zero-order chi connectivity index (χ0) is 7.94. The summed E-state index contributed by atoms with van der Waals surface area (Å²) in [6, 6.07) is 0. The van der Waals surface area contributed by atoms with E-state index in [4.69, 9.17) is 5.11 Å². The van der Waals surface area contributed by atoms with Crippen LogP contribution in [0.1, 0.15) is 6.42 Å². The quantitative estimate of drug-likeness (QED) is 0.607. The molecule has 1 aliphatic rings. The number of halogens is 3. The van der Waals surface area contributed by atoms with Crippen molar-refractivity contribution >= 4 is 12.9 Å². The minimum absolute atomic E-state index is 0.223. The smallest absolute Gasteiger partial charge is 0.481 e. The number of hydrogen-bond acceptors (Lipinski definition) is 1. The van der Waals surface area contributed by atoms with Gasteiger partial charge in [0.15, 0.2) is 0 Å². The lowest BCUT2D eigenvalue weighted by Crippen LogP contribution is -2.17. The van der Waals surface area contributed by atoms with E-state index in [0.29, 0.717) is 0 Å². The van der Waals surface area contributed by atoms with E-state index in [0.717, 1.165) is 0 Å². The van der Waals surface area contributed by atoms with Gasteiger partial charge in [0, 0.05) is 5.92 Å². The molecule has 1 saturated carbocycles. The van der Waals surface area contributed by atoms with E-state index < -0.39 is 24.7 Å². The first-order chi connectivity index (χ1) is 4.43. The molecule has 0 amide bonds. The van der Waals surface area contributed by atoms with Crippen LogP contribution in [0.25, 0.3) is 0 Å². The Kier molecular flexibility index (Phi) is 1.41. The Bertz CT molecular complexity index is 166. The SMILES string of the molecule is O=C(O)C1CC1[B-](F)(F)F. The van der Waals surface area contributed by atoms with Crippen LogP contribution in [0, 0.1) is 5.92 Å². The van der Waals surface area contributed by atoms with Crippen LogP contribution < -0.4 is 0 Å². The number of carbonyl (C=O) groups is 1. The van der Waals surface area contributed by atoms with Gasteiger partial charge in [-0.15, -0.1) is 0 Å². The number of rotatable bonds is 2. The number of carboxylic acid groups (broad SMARTS) is 1. The molecule has 0 aromatic heterocycles. The number of carboxylic acids is 1. The van der Waals surface area contributed by atoms with Crippen molar-refractivity contribution < 1.29 is 22.8 Å². The predicted molar refractivity (Wildman–Crippen MR) is 28.6 cm³/mol. The maximum atomic E-state index is 11.7. The van der Waals surface area contributed by atoms with Gasteiger partial charge in [-0.3, -0.25) is 4.79 Å². The molecule has 0 aromatic rings. The predicted octanol–water partition coefficient (Wildman–Crippen LogP) is 1.31. The first kappa shape index (κ1) is 7.43. The summed E-state index contributed by atoms with van der Waals surface area (Å²) in [5.41, 5.74) is 0. The lowest BCUT2D eigenvalue weighted by Gasteiger charge is -2.10. The highest BCUT2D eigenvalue weighted by Gasteiger charge is 2.54. The summed E-state index contributed by atoms with van der Waals surface area (Å²) in [5, 5.41) is 8.10. The van der Waals surface area contributed by atoms with Crippen molar-refractivity contribution in [2.75, 3.05) is 0 Å². The molecule has 0 spiro atoms. The second-order valence-electron chi connectivity index (χ2n) is 2.47. The Morgan fingerprint density at radius 3 is 2.10 bits per heavy atom. The molecule has 0 saturated heterocycles. The van der Waals surface area contributed by atoms with Crippen LogP contribution in [0.2, 0.25) is 5.82 Å². The van der Waals surface area contributed by atoms with Crippen LogP contribution in [-0.4, -0.2) is 18.1 Å². The van der Waals surface area contributed by atoms with Gasteiger partial charge in [-0.1, -0.05) is 12.2 Å². The Morgan fingerprint density at radius 2 is 2.00 bits per heavy atom. The van der Waals surface area contributed by atoms with Crippen molar-refractivity contribution in [1.82, 2.24) is 0 Å². The molecule has 0 heterocycles. The van der Waals surface area contributed by atoms with Crippen LogP contribution in [-0.2, 0) is 4.79 Å². The van der Waals surface area contributed by atoms with Gasteiger partial charge in [-0.2, -0.15) is 0 Å². The van der Waals surface area contributed by atoms with Crippen molar-refractivity contribution in [2.24, 2.45) is 5.92 Å². The lowest BCUT2D eigenvalue weighted by atomic mass is 9.82. The number of hydrogen-bond donors (Lipinski definition) is 1. The van der Waals surface area contributed by atoms with Crippen LogP contribution >= 0.6 is 0 Å². The highest BCUT2D eigenvalue weighted by Crippen LogP contribution is 2.53. The van der Waals surface area contributed by atoms with Gasteiger partial charge in [0.1, 0.15) is 0 Å². The second kappa shape index (κ2) is 1.90. The molecule has 2 atom stereocenters. The molecule has 0 aliphatic heterocycles. The third-order valence-electron chi connectivity index (χ3n) is 1.64. The molecule has 10 heavy (non-hydrogen) atoms. The zero-order valence-electron chi connectivity index (χ0n) is 4.93. The summed E-state index contributed by atoms with van der Waals surface area (Å²) < 4.78 is 35.0. The van der Waals surface area contributed by atoms with Gasteiger partial charge >= 0.3 is 12.9 Å². The maximum absolute atomic E-state index is 11.7. The third kappa shape index (κ3) is 1.25. The van der Waals surface area contributed by atoms with Crippen molar-refractivity contribution in [3.8, 4) is 0 Å². The zero-order valence-corrected chi connectivity index (χ0v) is 4.93. The summed E-state index contributed by atoms with van der Waals surface area (Å²) in [6.45, 7) is -4.91. The number of aliphatic carboxylic acids is 1. The third-order valence-corrected chi connectivity index (χ3v) is 1.64. The van der Waals surface area contributed by atoms with Crippen molar-refractivity contribution in [3.63, 3.8) is 0 Å². The molecule has 0 aromatic carbocycles. The standard InChI is InChI=1S/C4H5BF3O2/c6-5(7,8)3-1-2(3)4(9)10/h2-3H,1H2,(H,9,10)/q-1. The molecular weight excluding hydrogens is 148 g/mol. The molecule has 1 fully saturated rings. The van der Waals surface area contributed by atoms with Crippen LogP contribution in [0.4, 0.5) is 12.9 Å². The minimum atomic E-state index is -4.91. The summed E-state index contributed by atoms with van der Waals surface area (Å²) in [7, 11) is 0. The monoisotopic (exact) mass is 153 g/mol. The van der Waals surface area contributed by atoms with Crippen molar-refractivity contribution in [1.29, 1.82) is 0 Å². The van der Waals surface area contributed by atoms with Crippen molar-refractivity contribution in [3.05, 3.63) is 0 Å². The van der Waals surface area contributed by atoms with Gasteiger partial charge in [0.05, 0.1) is 0 Å². The van der Waals surface area contributed by atoms with Gasteiger partial charge in [0.25, 0.3) is 0 Å². The molecule has 1 aliphatic carbocycles. The van der Waals surface area contributed by atoms with E-state index in [2.05, 4.69) is 0 Å². The van der Waals surface area contributed by atoms with Crippen LogP contribution in [0.15, 0.2) is 0 Å². The van der Waals surface area contributed by atoms with Gasteiger partial charge in [0.2, 0.25) is 0 Å². The highest BCUT2D eigenvalue weighted by molar-refractivity contribution is 6.61. The largest absolute Gasteiger partial charge is 0.482 e. The van der Waals surface area contributed by atoms with Crippen LogP contribution in [0.5, 0.6) is 0 Å². The van der Waals surface area contributed by atoms with Crippen molar-refractivity contribution in [2.45, 2.75) is 12.2 Å². The lowest BCUT2D eigenvalue weighted by molar-refractivity contribution is -0.138. The van der Waals surface area contributed by atoms with E-state index in [9.17, 15) is 17.7 Å². The Balaban J connectivity index is 2.46. The topological polar surface area (TPSA) is 37.3 Å². The van der Waals surface area contributed by atoms with E-state index in [1.807, 2.05) is 0 Å². The Hall–Kier alpha value is -0.675. The molecule has 2 unspecified atom stereocenters. The molecule has 2 nitrogen and oxygen atoms in total. The van der Waals surface area contributed by atoms with E-state index in [1.165, 1.54) is 0 Å². The molecule has 0 bridgehead atoms. The highest BCUT2D eigenvalue weighted by atomic mass is 19.4. The Labute approximate surface area is 55.1 Å². The second-order valence-corrected chi connectivity index (χ2v) is 2.47. The molecule has 0 radical (unpaired) electrons. The normalized spacial score (nSPS) is 31.9. The summed E-state index contributed by atoms with van der Waals surface area (Å²) in [4.78, 5) is 9.93. The summed E-state index contributed by atoms with van der Waals surface area (Å²) in [6.07, 6.45) is -0.223. The van der Waals surface area contributed by atoms with E-state index in [1.54, 1.807) is 0 Å². The molecule has 1 N–H and O–H groups in total. The average molecular weight is 153 g/mol. The summed E-state index contributed by atoms with van der Waals surface area (Å²) >= 11 is 0. The average Bonchev–Trinajstić information content (AvgIpc) is 2.35. The van der Waals surface area contributed by atoms with Gasteiger partial charge in [-0.05, 0) is 0 Å². The molecular formula is C4H5BF3O2-. The van der Waals surface area contributed by atoms with E-state index >= 15 is 0 Å². The fourth-order valence-electron chi connectivity index (χ4n) is 0.916. The van der Waals surface area contributed by atoms with Crippen LogP contribution in [0.3, 0.4) is 0 Å². The fourth-order valence-corrected chi connectivity index (χ4v) is 0.916. The Morgan fingerprint density at radius 1 is 1.50 bits per heavy atom. The first-order valence-corrected chi connectivity index (χ1v) is 2.85. The fraction of sp³-hybridized carbons (Fsp3) is 0.750. The maximum Gasteiger partial charge on any atom is 0.482 e. The first-order valence-electron chi connectivity index (χ1n) is 2.85. The summed E-state index contributed by atoms with van der Waals surface area (Å²) in [5.74, 6) is -4.01. The van der Waals surface area contributed by atoms with Gasteiger partial charge in [-0.25, -0.2) is 0 Å². The molecule has 1 rings (SSSR count). The van der Waals surface area contributed by atoms with E-state index in [-0.39, 0.29) is 6.42 Å². The molecule has 6 heteroatoms. The minimum Gasteiger partial charge on any atom is -0.481 e. The van der Waals surface area contributed by atoms with Gasteiger partial charge < -0.3 is 18.1 Å².